The van der Waals surface area contributed by atoms with Crippen molar-refractivity contribution in [2.24, 2.45) is 0 Å². The fourth-order valence-corrected chi connectivity index (χ4v) is 0.900. The van der Waals surface area contributed by atoms with E-state index in [4.69, 9.17) is 0 Å². The molecule has 1 heterocycles. The van der Waals surface area contributed by atoms with Gasteiger partial charge in [0.05, 0.1) is 0 Å². The van der Waals surface area contributed by atoms with Crippen LogP contribution in [0.25, 0.3) is 0 Å². The fraction of sp³-hybridized carbons (Fsp3) is 0.167. The van der Waals surface area contributed by atoms with Crippen molar-refractivity contribution in [1.82, 2.24) is 4.98 Å². The maximum Gasteiger partial charge on any atom is 1.00 e. The van der Waals surface area contributed by atoms with E-state index in [9.17, 15) is 30.9 Å². The molecule has 1 aromatic rings. The Bertz CT molecular complexity index is 424. The van der Waals surface area contributed by atoms with Gasteiger partial charge in [-0.1, -0.05) is 11.5 Å². The van der Waals surface area contributed by atoms with Crippen molar-refractivity contribution in [2.75, 3.05) is 0 Å². The normalized spacial score (nSPS) is 12.1. The third kappa shape index (κ3) is 3.91. The van der Waals surface area contributed by atoms with Crippen LogP contribution in [0.5, 0.6) is 0 Å². The van der Waals surface area contributed by atoms with Gasteiger partial charge in [0.2, 0.25) is 0 Å². The smallest absolute Gasteiger partial charge is 0.445 e. The second-order valence-corrected chi connectivity index (χ2v) is 2.75. The minimum Gasteiger partial charge on any atom is -0.445 e. The molecule has 0 fully saturated rings. The van der Waals surface area contributed by atoms with Crippen LogP contribution in [-0.2, 0) is 6.18 Å². The summed E-state index contributed by atoms with van der Waals surface area (Å²) in [6, 6.07) is -0.196. The Labute approximate surface area is 128 Å². The molecule has 0 aliphatic rings. The van der Waals surface area contributed by atoms with Crippen LogP contribution in [0.3, 0.4) is 0 Å². The van der Waals surface area contributed by atoms with Crippen LogP contribution in [0.4, 0.5) is 26.1 Å². The van der Waals surface area contributed by atoms with Gasteiger partial charge >= 0.3 is 64.5 Å². The first-order valence-corrected chi connectivity index (χ1v) is 3.62. The minimum atomic E-state index is -5.56. The summed E-state index contributed by atoms with van der Waals surface area (Å²) >= 11 is 0. The Morgan fingerprint density at radius 2 is 1.69 bits per heavy atom. The van der Waals surface area contributed by atoms with Gasteiger partial charge in [0, 0.05) is 0 Å². The summed E-state index contributed by atoms with van der Waals surface area (Å²) < 4.78 is 72.3. The van der Waals surface area contributed by atoms with Gasteiger partial charge in [0.1, 0.15) is 5.56 Å². The number of aromatic nitrogens is 1. The van der Waals surface area contributed by atoms with Crippen molar-refractivity contribution < 1.29 is 77.5 Å². The predicted octanol–water partition coefficient (Wildman–Crippen LogP) is -1.55. The zero-order valence-electron chi connectivity index (χ0n) is 7.91. The number of rotatable bonds is 1. The third-order valence-electron chi connectivity index (χ3n) is 1.61. The Kier molecular flexibility index (Phi) is 5.33. The Balaban J connectivity index is 0.00000225. The maximum absolute atomic E-state index is 12.1. The zero-order chi connectivity index (χ0) is 11.9. The third-order valence-corrected chi connectivity index (χ3v) is 1.61. The molecule has 16 heavy (non-hydrogen) atoms. The van der Waals surface area contributed by atoms with Crippen LogP contribution >= 0.6 is 0 Å². The molecule has 0 unspecified atom stereocenters. The SMILES string of the molecule is O=c1[nH]cc([B-](F)(F)F)cc1C(F)(F)F.[K+]. The van der Waals surface area contributed by atoms with Gasteiger partial charge in [-0.3, -0.25) is 4.79 Å². The number of alkyl halides is 3. The molecular weight excluding hydrogens is 266 g/mol. The summed E-state index contributed by atoms with van der Waals surface area (Å²) in [4.78, 5) is 12.0. The van der Waals surface area contributed by atoms with E-state index in [2.05, 4.69) is 0 Å². The molecule has 0 saturated carbocycles. The summed E-state index contributed by atoms with van der Waals surface area (Å²) in [7, 11) is 0. The summed E-state index contributed by atoms with van der Waals surface area (Å²) in [5.74, 6) is 0. The second kappa shape index (κ2) is 5.25. The largest absolute Gasteiger partial charge is 1.00 e. The summed E-state index contributed by atoms with van der Waals surface area (Å²) in [6.45, 7) is -5.56. The molecule has 0 bridgehead atoms. The van der Waals surface area contributed by atoms with E-state index in [0.717, 1.165) is 0 Å². The average molecular weight is 269 g/mol. The first-order chi connectivity index (χ1) is 6.62. The van der Waals surface area contributed by atoms with E-state index in [1.165, 1.54) is 4.98 Å². The van der Waals surface area contributed by atoms with Gasteiger partial charge in [-0.15, -0.1) is 0 Å². The standard InChI is InChI=1S/C6H3BF6NO.K/c8-6(9,10)4-1-3(7(11,12)13)2-14-5(4)15;/h1-2H,(H,14,15);/q-1;+1. The Hall–Kier alpha value is 0.231. The molecular formula is C6H3BF6KNO. The maximum atomic E-state index is 12.1. The minimum absolute atomic E-state index is 0. The second-order valence-electron chi connectivity index (χ2n) is 2.75. The van der Waals surface area contributed by atoms with Gasteiger partial charge in [0.15, 0.2) is 0 Å². The Morgan fingerprint density at radius 1 is 1.19 bits per heavy atom. The van der Waals surface area contributed by atoms with E-state index in [0.29, 0.717) is 0 Å². The van der Waals surface area contributed by atoms with Gasteiger partial charge in [-0.2, -0.15) is 13.2 Å². The van der Waals surface area contributed by atoms with Crippen molar-refractivity contribution in [1.29, 1.82) is 0 Å². The van der Waals surface area contributed by atoms with Crippen LogP contribution in [0, 0.1) is 0 Å². The molecule has 1 aromatic heterocycles. The van der Waals surface area contributed by atoms with E-state index < -0.39 is 29.7 Å². The first-order valence-electron chi connectivity index (χ1n) is 3.62. The van der Waals surface area contributed by atoms with E-state index in [1.807, 2.05) is 0 Å². The average Bonchev–Trinajstić information content (AvgIpc) is 2.00. The van der Waals surface area contributed by atoms with Crippen LogP contribution < -0.4 is 62.4 Å². The summed E-state index contributed by atoms with van der Waals surface area (Å²) in [5.41, 5.74) is -4.92. The number of hydrogen-bond acceptors (Lipinski definition) is 1. The van der Waals surface area contributed by atoms with Crippen LogP contribution in [-0.4, -0.2) is 12.0 Å². The fourth-order valence-electron chi connectivity index (χ4n) is 0.900. The number of aromatic amines is 1. The van der Waals surface area contributed by atoms with Crippen LogP contribution in [0.2, 0.25) is 0 Å². The molecule has 0 aromatic carbocycles. The van der Waals surface area contributed by atoms with Gasteiger partial charge < -0.3 is 17.9 Å². The number of pyridine rings is 1. The van der Waals surface area contributed by atoms with E-state index >= 15 is 0 Å². The zero-order valence-corrected chi connectivity index (χ0v) is 11.0. The molecule has 0 aliphatic heterocycles. The molecule has 0 amide bonds. The molecule has 10 heteroatoms. The van der Waals surface area contributed by atoms with Gasteiger partial charge in [0.25, 0.3) is 5.56 Å². The molecule has 2 nitrogen and oxygen atoms in total. The van der Waals surface area contributed by atoms with Crippen molar-refractivity contribution >= 4 is 12.4 Å². The monoisotopic (exact) mass is 269 g/mol. The van der Waals surface area contributed by atoms with E-state index in [-0.39, 0.29) is 63.6 Å². The van der Waals surface area contributed by atoms with Crippen LogP contribution in [0.15, 0.2) is 17.1 Å². The molecule has 1 rings (SSSR count). The number of H-pyrrole nitrogens is 1. The van der Waals surface area contributed by atoms with Crippen molar-refractivity contribution in [3.8, 4) is 0 Å². The molecule has 0 radical (unpaired) electrons. The van der Waals surface area contributed by atoms with Gasteiger partial charge in [-0.25, -0.2) is 0 Å². The van der Waals surface area contributed by atoms with E-state index in [1.54, 1.807) is 0 Å². The van der Waals surface area contributed by atoms with Crippen LogP contribution in [0.1, 0.15) is 5.56 Å². The molecule has 0 aliphatic carbocycles. The van der Waals surface area contributed by atoms with Crippen molar-refractivity contribution in [3.05, 3.63) is 28.2 Å². The van der Waals surface area contributed by atoms with Crippen molar-refractivity contribution in [2.45, 2.75) is 6.18 Å². The molecule has 84 valence electrons. The number of halogens is 6. The number of hydrogen-bond donors (Lipinski definition) is 1. The number of nitrogens with one attached hydrogen (secondary N) is 1. The quantitative estimate of drug-likeness (QED) is 0.486. The Morgan fingerprint density at radius 3 is 2.06 bits per heavy atom. The molecule has 0 saturated heterocycles. The summed E-state index contributed by atoms with van der Waals surface area (Å²) in [6.07, 6.45) is -4.87. The first kappa shape index (κ1) is 16.2. The topological polar surface area (TPSA) is 32.9 Å². The molecule has 0 atom stereocenters. The molecule has 1 N–H and O–H groups in total. The predicted molar refractivity (Wildman–Crippen MR) is 40.8 cm³/mol. The molecule has 0 spiro atoms. The van der Waals surface area contributed by atoms with Crippen molar-refractivity contribution in [3.63, 3.8) is 0 Å². The summed E-state index contributed by atoms with van der Waals surface area (Å²) in [5, 5.41) is 0. The van der Waals surface area contributed by atoms with Gasteiger partial charge in [-0.05, 0) is 6.20 Å².